The summed E-state index contributed by atoms with van der Waals surface area (Å²) in [7, 11) is 0. The summed E-state index contributed by atoms with van der Waals surface area (Å²) >= 11 is 0. The van der Waals surface area contributed by atoms with Gasteiger partial charge in [0, 0.05) is 17.9 Å². The Hall–Kier alpha value is -1.35. The molecule has 0 saturated heterocycles. The highest BCUT2D eigenvalue weighted by Crippen LogP contribution is 2.16. The minimum absolute atomic E-state index is 0.0706. The average Bonchev–Trinajstić information content (AvgIpc) is 2.55. The van der Waals surface area contributed by atoms with Gasteiger partial charge in [0.05, 0.1) is 5.69 Å². The first-order chi connectivity index (χ1) is 7.13. The normalized spacial score (nSPS) is 13.3. The van der Waals surface area contributed by atoms with Crippen molar-refractivity contribution in [3.8, 4) is 0 Å². The van der Waals surface area contributed by atoms with Crippen molar-refractivity contribution in [3.63, 3.8) is 0 Å². The van der Waals surface area contributed by atoms with Gasteiger partial charge in [-0.1, -0.05) is 13.0 Å². The first kappa shape index (κ1) is 10.2. The zero-order valence-electron chi connectivity index (χ0n) is 9.49. The zero-order chi connectivity index (χ0) is 11.0. The highest BCUT2D eigenvalue weighted by Gasteiger charge is 2.07. The third kappa shape index (κ3) is 1.63. The van der Waals surface area contributed by atoms with Crippen molar-refractivity contribution < 1.29 is 0 Å². The van der Waals surface area contributed by atoms with Gasteiger partial charge in [0.15, 0.2) is 0 Å². The van der Waals surface area contributed by atoms with E-state index in [-0.39, 0.29) is 6.04 Å². The molecule has 15 heavy (non-hydrogen) atoms. The lowest BCUT2D eigenvalue weighted by molar-refractivity contribution is 0.806. The summed E-state index contributed by atoms with van der Waals surface area (Å²) in [5.41, 5.74) is 10.4. The molecule has 2 heterocycles. The Labute approximate surface area is 89.9 Å². The SMILES string of the molecule is CCc1nc2ccc(C(C)N)cn2c1C. The van der Waals surface area contributed by atoms with E-state index in [1.165, 1.54) is 5.69 Å². The summed E-state index contributed by atoms with van der Waals surface area (Å²) < 4.78 is 2.12. The van der Waals surface area contributed by atoms with E-state index in [2.05, 4.69) is 29.4 Å². The van der Waals surface area contributed by atoms with Gasteiger partial charge >= 0.3 is 0 Å². The van der Waals surface area contributed by atoms with Crippen LogP contribution in [-0.4, -0.2) is 9.38 Å². The molecule has 0 fully saturated rings. The van der Waals surface area contributed by atoms with Gasteiger partial charge < -0.3 is 10.1 Å². The monoisotopic (exact) mass is 203 g/mol. The van der Waals surface area contributed by atoms with Gasteiger partial charge in [0.1, 0.15) is 5.65 Å². The van der Waals surface area contributed by atoms with E-state index < -0.39 is 0 Å². The molecule has 0 aliphatic rings. The first-order valence-electron chi connectivity index (χ1n) is 5.36. The molecule has 2 aromatic rings. The number of aryl methyl sites for hydroxylation is 2. The zero-order valence-corrected chi connectivity index (χ0v) is 9.49. The van der Waals surface area contributed by atoms with Gasteiger partial charge in [-0.3, -0.25) is 0 Å². The molecule has 1 atom stereocenters. The first-order valence-corrected chi connectivity index (χ1v) is 5.36. The van der Waals surface area contributed by atoms with E-state index in [0.29, 0.717) is 0 Å². The van der Waals surface area contributed by atoms with Gasteiger partial charge in [-0.2, -0.15) is 0 Å². The molecular weight excluding hydrogens is 186 g/mol. The number of pyridine rings is 1. The smallest absolute Gasteiger partial charge is 0.137 e. The molecule has 2 N–H and O–H groups in total. The van der Waals surface area contributed by atoms with Crippen LogP contribution in [0.25, 0.3) is 5.65 Å². The van der Waals surface area contributed by atoms with Crippen LogP contribution in [0.3, 0.4) is 0 Å². The van der Waals surface area contributed by atoms with E-state index >= 15 is 0 Å². The molecule has 0 aliphatic carbocycles. The van der Waals surface area contributed by atoms with Gasteiger partial charge in [-0.15, -0.1) is 0 Å². The Morgan fingerprint density at radius 1 is 1.47 bits per heavy atom. The number of aromatic nitrogens is 2. The Balaban J connectivity index is 2.65. The number of nitrogens with two attached hydrogens (primary N) is 1. The molecular formula is C12H17N3. The topological polar surface area (TPSA) is 43.3 Å². The number of fused-ring (bicyclic) bond motifs is 1. The van der Waals surface area contributed by atoms with Crippen molar-refractivity contribution in [1.82, 2.24) is 9.38 Å². The number of nitrogens with zero attached hydrogens (tertiary/aromatic N) is 2. The van der Waals surface area contributed by atoms with Gasteiger partial charge in [0.2, 0.25) is 0 Å². The predicted molar refractivity (Wildman–Crippen MR) is 61.9 cm³/mol. The molecule has 3 nitrogen and oxygen atoms in total. The van der Waals surface area contributed by atoms with Crippen molar-refractivity contribution in [2.24, 2.45) is 5.73 Å². The molecule has 1 unspecified atom stereocenters. The summed E-state index contributed by atoms with van der Waals surface area (Å²) in [6.07, 6.45) is 3.06. The lowest BCUT2D eigenvalue weighted by Gasteiger charge is -2.06. The highest BCUT2D eigenvalue weighted by atomic mass is 15.0. The molecule has 0 spiro atoms. The average molecular weight is 203 g/mol. The standard InChI is InChI=1S/C12H17N3/c1-4-11-9(3)15-7-10(8(2)13)5-6-12(15)14-11/h5-8H,4,13H2,1-3H3. The van der Waals surface area contributed by atoms with Gasteiger partial charge in [-0.25, -0.2) is 4.98 Å². The van der Waals surface area contributed by atoms with Crippen molar-refractivity contribution in [1.29, 1.82) is 0 Å². The van der Waals surface area contributed by atoms with Crippen LogP contribution in [0.15, 0.2) is 18.3 Å². The highest BCUT2D eigenvalue weighted by molar-refractivity contribution is 5.44. The van der Waals surface area contributed by atoms with E-state index in [1.54, 1.807) is 0 Å². The minimum atomic E-state index is 0.0706. The Morgan fingerprint density at radius 2 is 2.20 bits per heavy atom. The lowest BCUT2D eigenvalue weighted by atomic mass is 10.1. The number of imidazole rings is 1. The molecule has 0 bridgehead atoms. The third-order valence-electron chi connectivity index (χ3n) is 2.84. The fraction of sp³-hybridized carbons (Fsp3) is 0.417. The lowest BCUT2D eigenvalue weighted by Crippen LogP contribution is -2.06. The molecule has 2 aromatic heterocycles. The molecule has 0 aromatic carbocycles. The van der Waals surface area contributed by atoms with Crippen LogP contribution < -0.4 is 5.73 Å². The third-order valence-corrected chi connectivity index (χ3v) is 2.84. The van der Waals surface area contributed by atoms with Crippen molar-refractivity contribution in [3.05, 3.63) is 35.3 Å². The second kappa shape index (κ2) is 3.66. The summed E-state index contributed by atoms with van der Waals surface area (Å²) in [6, 6.07) is 4.15. The minimum Gasteiger partial charge on any atom is -0.324 e. The molecule has 3 heteroatoms. The Morgan fingerprint density at radius 3 is 2.80 bits per heavy atom. The molecule has 0 radical (unpaired) electrons. The summed E-state index contributed by atoms with van der Waals surface area (Å²) in [6.45, 7) is 6.22. The molecule has 0 aliphatic heterocycles. The summed E-state index contributed by atoms with van der Waals surface area (Å²) in [5, 5.41) is 0. The fourth-order valence-electron chi connectivity index (χ4n) is 1.83. The number of hydrogen-bond acceptors (Lipinski definition) is 2. The fourth-order valence-corrected chi connectivity index (χ4v) is 1.83. The predicted octanol–water partition coefficient (Wildman–Crippen LogP) is 2.22. The van der Waals surface area contributed by atoms with E-state index in [1.807, 2.05) is 19.1 Å². The van der Waals surface area contributed by atoms with Gasteiger partial charge in [0.25, 0.3) is 0 Å². The number of rotatable bonds is 2. The largest absolute Gasteiger partial charge is 0.324 e. The quantitative estimate of drug-likeness (QED) is 0.813. The van der Waals surface area contributed by atoms with Crippen LogP contribution >= 0.6 is 0 Å². The molecule has 0 saturated carbocycles. The second-order valence-electron chi connectivity index (χ2n) is 3.98. The van der Waals surface area contributed by atoms with Gasteiger partial charge in [-0.05, 0) is 31.9 Å². The maximum atomic E-state index is 5.86. The van der Waals surface area contributed by atoms with E-state index in [4.69, 9.17) is 5.73 Å². The Kier molecular flexibility index (Phi) is 2.49. The van der Waals surface area contributed by atoms with Crippen LogP contribution in [0.2, 0.25) is 0 Å². The molecule has 80 valence electrons. The maximum Gasteiger partial charge on any atom is 0.137 e. The van der Waals surface area contributed by atoms with Crippen LogP contribution in [-0.2, 0) is 6.42 Å². The van der Waals surface area contributed by atoms with Crippen molar-refractivity contribution >= 4 is 5.65 Å². The van der Waals surface area contributed by atoms with Crippen molar-refractivity contribution in [2.45, 2.75) is 33.2 Å². The van der Waals surface area contributed by atoms with E-state index in [9.17, 15) is 0 Å². The summed E-state index contributed by atoms with van der Waals surface area (Å²) in [4.78, 5) is 4.55. The van der Waals surface area contributed by atoms with E-state index in [0.717, 1.165) is 23.3 Å². The van der Waals surface area contributed by atoms with Crippen LogP contribution in [0.4, 0.5) is 0 Å². The summed E-state index contributed by atoms with van der Waals surface area (Å²) in [5.74, 6) is 0. The van der Waals surface area contributed by atoms with Crippen LogP contribution in [0.1, 0.15) is 36.8 Å². The van der Waals surface area contributed by atoms with Crippen LogP contribution in [0, 0.1) is 6.92 Å². The maximum absolute atomic E-state index is 5.86. The molecule has 0 amide bonds. The number of hydrogen-bond donors (Lipinski definition) is 1. The second-order valence-corrected chi connectivity index (χ2v) is 3.98. The molecule has 2 rings (SSSR count). The van der Waals surface area contributed by atoms with Crippen LogP contribution in [0.5, 0.6) is 0 Å². The van der Waals surface area contributed by atoms with Crippen molar-refractivity contribution in [2.75, 3.05) is 0 Å². The Bertz CT molecular complexity index is 483.